The molecule has 7 nitrogen and oxygen atoms in total. The van der Waals surface area contributed by atoms with Gasteiger partial charge < -0.3 is 14.8 Å². The second kappa shape index (κ2) is 5.55. The topological polar surface area (TPSA) is 78.0 Å². The summed E-state index contributed by atoms with van der Waals surface area (Å²) in [5, 5.41) is 0. The first-order valence-electron chi connectivity index (χ1n) is 8.01. The monoisotopic (exact) mass is 300 g/mol. The van der Waals surface area contributed by atoms with Gasteiger partial charge in [0.15, 0.2) is 11.5 Å². The molecule has 0 aliphatic carbocycles. The SMILES string of the molecule is O=C([C@H]1CCCN(c2ncnc3nc[nH]c23)C1)N1CCCC1. The third-order valence-corrected chi connectivity index (χ3v) is 4.69. The lowest BCUT2D eigenvalue weighted by Crippen LogP contribution is -2.44. The van der Waals surface area contributed by atoms with Gasteiger partial charge in [0, 0.05) is 26.2 Å². The smallest absolute Gasteiger partial charge is 0.227 e. The van der Waals surface area contributed by atoms with Gasteiger partial charge in [0.25, 0.3) is 0 Å². The van der Waals surface area contributed by atoms with Crippen LogP contribution < -0.4 is 4.90 Å². The third-order valence-electron chi connectivity index (χ3n) is 4.69. The number of rotatable bonds is 2. The summed E-state index contributed by atoms with van der Waals surface area (Å²) in [7, 11) is 0. The zero-order valence-corrected chi connectivity index (χ0v) is 12.5. The number of imidazole rings is 1. The van der Waals surface area contributed by atoms with E-state index in [0.717, 1.165) is 63.2 Å². The van der Waals surface area contributed by atoms with E-state index in [9.17, 15) is 4.79 Å². The number of carbonyl (C=O) groups is 1. The Labute approximate surface area is 128 Å². The highest BCUT2D eigenvalue weighted by Crippen LogP contribution is 2.27. The van der Waals surface area contributed by atoms with Crippen molar-refractivity contribution in [1.82, 2.24) is 24.8 Å². The second-order valence-electron chi connectivity index (χ2n) is 6.12. The second-order valence-corrected chi connectivity index (χ2v) is 6.12. The van der Waals surface area contributed by atoms with E-state index in [1.165, 1.54) is 0 Å². The average molecular weight is 300 g/mol. The van der Waals surface area contributed by atoms with Crippen LogP contribution in [0, 0.1) is 5.92 Å². The maximum Gasteiger partial charge on any atom is 0.227 e. The number of carbonyl (C=O) groups excluding carboxylic acids is 1. The summed E-state index contributed by atoms with van der Waals surface area (Å²) in [5.74, 6) is 1.26. The molecular weight excluding hydrogens is 280 g/mol. The van der Waals surface area contributed by atoms with Crippen LogP contribution in [0.5, 0.6) is 0 Å². The molecule has 4 rings (SSSR count). The van der Waals surface area contributed by atoms with Crippen LogP contribution in [0.3, 0.4) is 0 Å². The molecule has 0 spiro atoms. The van der Waals surface area contributed by atoms with Crippen LogP contribution in [0.4, 0.5) is 5.82 Å². The van der Waals surface area contributed by atoms with Crippen molar-refractivity contribution in [2.24, 2.45) is 5.92 Å². The first kappa shape index (κ1) is 13.5. The van der Waals surface area contributed by atoms with Gasteiger partial charge in [-0.05, 0) is 25.7 Å². The van der Waals surface area contributed by atoms with Crippen molar-refractivity contribution in [2.45, 2.75) is 25.7 Å². The molecule has 0 radical (unpaired) electrons. The van der Waals surface area contributed by atoms with E-state index < -0.39 is 0 Å². The van der Waals surface area contributed by atoms with Gasteiger partial charge in [-0.2, -0.15) is 0 Å². The van der Waals surface area contributed by atoms with Gasteiger partial charge in [-0.15, -0.1) is 0 Å². The quantitative estimate of drug-likeness (QED) is 0.901. The molecule has 2 aliphatic heterocycles. The maximum absolute atomic E-state index is 12.6. The summed E-state index contributed by atoms with van der Waals surface area (Å²) >= 11 is 0. The lowest BCUT2D eigenvalue weighted by atomic mass is 9.96. The largest absolute Gasteiger partial charge is 0.354 e. The normalized spacial score (nSPS) is 22.5. The summed E-state index contributed by atoms with van der Waals surface area (Å²) in [5.41, 5.74) is 1.54. The molecule has 1 atom stereocenters. The summed E-state index contributed by atoms with van der Waals surface area (Å²) in [6.07, 6.45) is 7.46. The molecule has 2 aromatic heterocycles. The lowest BCUT2D eigenvalue weighted by Gasteiger charge is -2.34. The molecule has 22 heavy (non-hydrogen) atoms. The van der Waals surface area contributed by atoms with Crippen LogP contribution in [0.25, 0.3) is 11.2 Å². The number of nitrogens with zero attached hydrogens (tertiary/aromatic N) is 5. The third kappa shape index (κ3) is 2.30. The Morgan fingerprint density at radius 2 is 2.00 bits per heavy atom. The number of hydrogen-bond donors (Lipinski definition) is 1. The number of likely N-dealkylation sites (tertiary alicyclic amines) is 1. The Morgan fingerprint density at radius 3 is 2.86 bits per heavy atom. The van der Waals surface area contributed by atoms with Crippen molar-refractivity contribution in [1.29, 1.82) is 0 Å². The zero-order valence-electron chi connectivity index (χ0n) is 12.5. The van der Waals surface area contributed by atoms with E-state index in [1.54, 1.807) is 12.7 Å². The number of aromatic amines is 1. The van der Waals surface area contributed by atoms with Crippen molar-refractivity contribution in [3.8, 4) is 0 Å². The van der Waals surface area contributed by atoms with E-state index >= 15 is 0 Å². The fourth-order valence-corrected chi connectivity index (χ4v) is 3.56. The van der Waals surface area contributed by atoms with Gasteiger partial charge in [-0.3, -0.25) is 4.79 Å². The summed E-state index contributed by atoms with van der Waals surface area (Å²) < 4.78 is 0. The number of H-pyrrole nitrogens is 1. The standard InChI is InChI=1S/C15H20N6O/c22-15(20-5-1-2-6-20)11-4-3-7-21(8-11)14-12-13(17-9-16-12)18-10-19-14/h9-11H,1-8H2,(H,16,17,18,19)/t11-/m0/s1. The number of anilines is 1. The average Bonchev–Trinajstić information content (AvgIpc) is 3.25. The maximum atomic E-state index is 12.6. The lowest BCUT2D eigenvalue weighted by molar-refractivity contribution is -0.134. The predicted octanol–water partition coefficient (Wildman–Crippen LogP) is 1.19. The van der Waals surface area contributed by atoms with Gasteiger partial charge in [-0.25, -0.2) is 15.0 Å². The van der Waals surface area contributed by atoms with Crippen molar-refractivity contribution in [3.63, 3.8) is 0 Å². The molecule has 1 N–H and O–H groups in total. The summed E-state index contributed by atoms with van der Waals surface area (Å²) in [4.78, 5) is 32.7. The highest BCUT2D eigenvalue weighted by atomic mass is 16.2. The Bertz CT molecular complexity index is 677. The summed E-state index contributed by atoms with van der Waals surface area (Å²) in [6.45, 7) is 3.51. The molecule has 2 fully saturated rings. The van der Waals surface area contributed by atoms with E-state index in [4.69, 9.17) is 0 Å². The predicted molar refractivity (Wildman–Crippen MR) is 82.4 cm³/mol. The Balaban J connectivity index is 1.55. The van der Waals surface area contributed by atoms with E-state index in [1.807, 2.05) is 4.90 Å². The van der Waals surface area contributed by atoms with Gasteiger partial charge in [0.2, 0.25) is 5.91 Å². The highest BCUT2D eigenvalue weighted by molar-refractivity contribution is 5.84. The molecule has 2 aromatic rings. The minimum absolute atomic E-state index is 0.0831. The first-order valence-corrected chi connectivity index (χ1v) is 8.01. The number of nitrogens with one attached hydrogen (secondary N) is 1. The van der Waals surface area contributed by atoms with Crippen LogP contribution in [0.1, 0.15) is 25.7 Å². The van der Waals surface area contributed by atoms with Crippen molar-refractivity contribution < 1.29 is 4.79 Å². The molecule has 4 heterocycles. The molecule has 2 aliphatic rings. The van der Waals surface area contributed by atoms with E-state index in [-0.39, 0.29) is 5.92 Å². The van der Waals surface area contributed by atoms with Crippen molar-refractivity contribution >= 4 is 22.9 Å². The van der Waals surface area contributed by atoms with Crippen LogP contribution >= 0.6 is 0 Å². The first-order chi connectivity index (χ1) is 10.8. The molecule has 0 aromatic carbocycles. The van der Waals surface area contributed by atoms with E-state index in [2.05, 4.69) is 24.8 Å². The Morgan fingerprint density at radius 1 is 1.14 bits per heavy atom. The number of aromatic nitrogens is 4. The van der Waals surface area contributed by atoms with Crippen molar-refractivity contribution in [2.75, 3.05) is 31.1 Å². The molecular formula is C15H20N6O. The molecule has 0 bridgehead atoms. The van der Waals surface area contributed by atoms with Crippen LogP contribution in [0.15, 0.2) is 12.7 Å². The van der Waals surface area contributed by atoms with E-state index in [0.29, 0.717) is 11.6 Å². The Hall–Kier alpha value is -2.18. The fraction of sp³-hybridized carbons (Fsp3) is 0.600. The minimum Gasteiger partial charge on any atom is -0.354 e. The van der Waals surface area contributed by atoms with Crippen molar-refractivity contribution in [3.05, 3.63) is 12.7 Å². The van der Waals surface area contributed by atoms with Gasteiger partial charge in [0.1, 0.15) is 11.8 Å². The molecule has 1 amide bonds. The fourth-order valence-electron chi connectivity index (χ4n) is 3.56. The summed E-state index contributed by atoms with van der Waals surface area (Å²) in [6, 6.07) is 0. The Kier molecular flexibility index (Phi) is 3.40. The number of piperidine rings is 1. The molecule has 0 unspecified atom stereocenters. The van der Waals surface area contributed by atoms with Gasteiger partial charge >= 0.3 is 0 Å². The number of hydrogen-bond acceptors (Lipinski definition) is 5. The van der Waals surface area contributed by atoms with Gasteiger partial charge in [0.05, 0.1) is 12.2 Å². The van der Waals surface area contributed by atoms with Crippen LogP contribution in [-0.4, -0.2) is 56.9 Å². The van der Waals surface area contributed by atoms with Crippen LogP contribution in [-0.2, 0) is 4.79 Å². The number of amides is 1. The molecule has 2 saturated heterocycles. The van der Waals surface area contributed by atoms with Crippen LogP contribution in [0.2, 0.25) is 0 Å². The highest BCUT2D eigenvalue weighted by Gasteiger charge is 2.31. The zero-order chi connectivity index (χ0) is 14.9. The van der Waals surface area contributed by atoms with Gasteiger partial charge in [-0.1, -0.05) is 0 Å². The molecule has 0 saturated carbocycles. The molecule has 7 heteroatoms. The minimum atomic E-state index is 0.0831. The molecule has 116 valence electrons. The number of fused-ring (bicyclic) bond motifs is 1.